The number of benzene rings is 2. The molecule has 1 unspecified atom stereocenters. The van der Waals surface area contributed by atoms with Crippen LogP contribution in [0.5, 0.6) is 0 Å². The number of rotatable bonds is 6. The maximum Gasteiger partial charge on any atom is 0.255 e. The van der Waals surface area contributed by atoms with Crippen LogP contribution in [0.2, 0.25) is 5.02 Å². The molecule has 2 aromatic carbocycles. The molecule has 1 N–H and O–H groups in total. The maximum absolute atomic E-state index is 12.7. The van der Waals surface area contributed by atoms with E-state index in [4.69, 9.17) is 11.6 Å². The minimum atomic E-state index is -0.165. The number of hydrogen-bond acceptors (Lipinski definition) is 3. The van der Waals surface area contributed by atoms with Gasteiger partial charge < -0.3 is 15.1 Å². The first-order chi connectivity index (χ1) is 15.1. The van der Waals surface area contributed by atoms with Crippen LogP contribution in [0.25, 0.3) is 0 Å². The number of carbonyl (C=O) groups is 2. The van der Waals surface area contributed by atoms with Crippen LogP contribution < -0.4 is 10.2 Å². The van der Waals surface area contributed by atoms with E-state index in [0.717, 1.165) is 44.0 Å². The van der Waals surface area contributed by atoms with E-state index < -0.39 is 0 Å². The monoisotopic (exact) mass is 455 g/mol. The van der Waals surface area contributed by atoms with E-state index >= 15 is 0 Å². The fourth-order valence-corrected chi connectivity index (χ4v) is 4.44. The molecule has 5 nitrogen and oxygen atoms in total. The number of hydrogen-bond donors (Lipinski definition) is 1. The van der Waals surface area contributed by atoms with Gasteiger partial charge in [-0.25, -0.2) is 0 Å². The molecule has 2 amide bonds. The van der Waals surface area contributed by atoms with Crippen molar-refractivity contribution in [2.75, 3.05) is 36.4 Å². The first kappa shape index (κ1) is 24.1. The van der Waals surface area contributed by atoms with Crippen molar-refractivity contribution in [2.45, 2.75) is 40.5 Å². The number of amides is 2. The molecule has 1 atom stereocenters. The van der Waals surface area contributed by atoms with E-state index in [1.54, 1.807) is 24.3 Å². The van der Waals surface area contributed by atoms with Gasteiger partial charge in [0.2, 0.25) is 5.91 Å². The summed E-state index contributed by atoms with van der Waals surface area (Å²) in [5, 5.41) is 3.51. The third kappa shape index (κ3) is 6.99. The lowest BCUT2D eigenvalue weighted by Gasteiger charge is -2.37. The van der Waals surface area contributed by atoms with Gasteiger partial charge in [0.15, 0.2) is 0 Å². The molecule has 172 valence electrons. The van der Waals surface area contributed by atoms with Crippen molar-refractivity contribution in [1.29, 1.82) is 0 Å². The molecule has 32 heavy (non-hydrogen) atoms. The number of nitrogens with zero attached hydrogens (tertiary/aromatic N) is 2. The van der Waals surface area contributed by atoms with Gasteiger partial charge in [-0.15, -0.1) is 0 Å². The highest BCUT2D eigenvalue weighted by Crippen LogP contribution is 2.27. The standard InChI is InChI=1S/C26H34ClN3O2/c1-19(18-26(2,3)4)17-24(31)30-15-13-29(14-16-30)23-11-9-22(10-12-23)28-25(32)20-5-7-21(27)8-6-20/h5-12,19H,13-18H2,1-4H3,(H,28,32). The Morgan fingerprint density at radius 2 is 1.56 bits per heavy atom. The molecule has 0 aromatic heterocycles. The second-order valence-corrected chi connectivity index (χ2v) is 10.4. The van der Waals surface area contributed by atoms with Crippen LogP contribution >= 0.6 is 11.6 Å². The third-order valence-corrected chi connectivity index (χ3v) is 5.97. The lowest BCUT2D eigenvalue weighted by molar-refractivity contribution is -0.132. The second kappa shape index (κ2) is 10.4. The zero-order valence-corrected chi connectivity index (χ0v) is 20.3. The summed E-state index contributed by atoms with van der Waals surface area (Å²) >= 11 is 5.88. The average molecular weight is 456 g/mol. The van der Waals surface area contributed by atoms with Crippen LogP contribution in [-0.2, 0) is 4.79 Å². The summed E-state index contributed by atoms with van der Waals surface area (Å²) in [6.45, 7) is 12.0. The van der Waals surface area contributed by atoms with Crippen molar-refractivity contribution in [3.8, 4) is 0 Å². The van der Waals surface area contributed by atoms with Crippen molar-refractivity contribution >= 4 is 34.8 Å². The predicted molar refractivity (Wildman–Crippen MR) is 132 cm³/mol. The smallest absolute Gasteiger partial charge is 0.255 e. The van der Waals surface area contributed by atoms with Gasteiger partial charge in [-0.2, -0.15) is 0 Å². The van der Waals surface area contributed by atoms with Gasteiger partial charge in [-0.3, -0.25) is 9.59 Å². The molecule has 0 bridgehead atoms. The summed E-state index contributed by atoms with van der Waals surface area (Å²) < 4.78 is 0. The molecule has 1 fully saturated rings. The molecule has 1 aliphatic rings. The minimum absolute atomic E-state index is 0.165. The largest absolute Gasteiger partial charge is 0.368 e. The summed E-state index contributed by atoms with van der Waals surface area (Å²) in [5.41, 5.74) is 2.66. The Morgan fingerprint density at radius 1 is 0.969 bits per heavy atom. The van der Waals surface area contributed by atoms with Gasteiger partial charge in [-0.05, 0) is 66.3 Å². The zero-order valence-electron chi connectivity index (χ0n) is 19.5. The number of halogens is 1. The predicted octanol–water partition coefficient (Wildman–Crippen LogP) is 5.70. The highest BCUT2D eigenvalue weighted by molar-refractivity contribution is 6.30. The van der Waals surface area contributed by atoms with Crippen LogP contribution in [0.4, 0.5) is 11.4 Å². The van der Waals surface area contributed by atoms with Crippen molar-refractivity contribution in [2.24, 2.45) is 11.3 Å². The van der Waals surface area contributed by atoms with E-state index in [2.05, 4.69) is 37.9 Å². The summed E-state index contributed by atoms with van der Waals surface area (Å²) in [6, 6.07) is 14.7. The normalized spacial score (nSPS) is 15.4. The van der Waals surface area contributed by atoms with Crippen molar-refractivity contribution in [3.63, 3.8) is 0 Å². The van der Waals surface area contributed by atoms with Gasteiger partial charge in [0.1, 0.15) is 0 Å². The number of anilines is 2. The Labute approximate surface area is 196 Å². The highest BCUT2D eigenvalue weighted by atomic mass is 35.5. The molecule has 2 aromatic rings. The molecule has 0 spiro atoms. The summed E-state index contributed by atoms with van der Waals surface area (Å²) in [6.07, 6.45) is 1.68. The molecule has 0 saturated carbocycles. The van der Waals surface area contributed by atoms with Crippen LogP contribution in [-0.4, -0.2) is 42.9 Å². The average Bonchev–Trinajstić information content (AvgIpc) is 2.73. The first-order valence-corrected chi connectivity index (χ1v) is 11.7. The molecule has 1 heterocycles. The minimum Gasteiger partial charge on any atom is -0.368 e. The molecule has 1 saturated heterocycles. The SMILES string of the molecule is CC(CC(=O)N1CCN(c2ccc(NC(=O)c3ccc(Cl)cc3)cc2)CC1)CC(C)(C)C. The van der Waals surface area contributed by atoms with Crippen molar-refractivity contribution in [3.05, 3.63) is 59.1 Å². The van der Waals surface area contributed by atoms with Gasteiger partial charge in [-0.1, -0.05) is 39.3 Å². The Bertz CT molecular complexity index is 912. The summed E-state index contributed by atoms with van der Waals surface area (Å²) in [4.78, 5) is 29.3. The van der Waals surface area contributed by atoms with Crippen LogP contribution in [0.15, 0.2) is 48.5 Å². The summed E-state index contributed by atoms with van der Waals surface area (Å²) in [7, 11) is 0. The van der Waals surface area contributed by atoms with Crippen molar-refractivity contribution < 1.29 is 9.59 Å². The van der Waals surface area contributed by atoms with Crippen molar-refractivity contribution in [1.82, 2.24) is 4.90 Å². The molecule has 1 aliphatic heterocycles. The Kier molecular flexibility index (Phi) is 7.83. The highest BCUT2D eigenvalue weighted by Gasteiger charge is 2.24. The van der Waals surface area contributed by atoms with Gasteiger partial charge in [0, 0.05) is 54.6 Å². The molecule has 3 rings (SSSR count). The van der Waals surface area contributed by atoms with Crippen LogP contribution in [0.1, 0.15) is 50.9 Å². The third-order valence-electron chi connectivity index (χ3n) is 5.71. The molecular weight excluding hydrogens is 422 g/mol. The first-order valence-electron chi connectivity index (χ1n) is 11.3. The lowest BCUT2D eigenvalue weighted by Crippen LogP contribution is -2.49. The van der Waals surface area contributed by atoms with E-state index in [1.807, 2.05) is 29.2 Å². The van der Waals surface area contributed by atoms with E-state index in [9.17, 15) is 9.59 Å². The number of nitrogens with one attached hydrogen (secondary N) is 1. The van der Waals surface area contributed by atoms with Crippen LogP contribution in [0, 0.1) is 11.3 Å². The Balaban J connectivity index is 1.49. The zero-order chi connectivity index (χ0) is 23.3. The van der Waals surface area contributed by atoms with Gasteiger partial charge in [0.25, 0.3) is 5.91 Å². The van der Waals surface area contributed by atoms with Gasteiger partial charge >= 0.3 is 0 Å². The number of piperazine rings is 1. The quantitative estimate of drug-likeness (QED) is 0.607. The maximum atomic E-state index is 12.7. The topological polar surface area (TPSA) is 52.7 Å². The van der Waals surface area contributed by atoms with E-state index in [0.29, 0.717) is 22.9 Å². The Hall–Kier alpha value is -2.53. The second-order valence-electron chi connectivity index (χ2n) is 9.95. The molecular formula is C26H34ClN3O2. The molecule has 0 aliphatic carbocycles. The fraction of sp³-hybridized carbons (Fsp3) is 0.462. The van der Waals surface area contributed by atoms with E-state index in [-0.39, 0.29) is 17.2 Å². The number of carbonyl (C=O) groups excluding carboxylic acids is 2. The van der Waals surface area contributed by atoms with Gasteiger partial charge in [0.05, 0.1) is 0 Å². The summed E-state index contributed by atoms with van der Waals surface area (Å²) in [5.74, 6) is 0.500. The van der Waals surface area contributed by atoms with E-state index in [1.165, 1.54) is 0 Å². The van der Waals surface area contributed by atoms with Crippen LogP contribution in [0.3, 0.4) is 0 Å². The Morgan fingerprint density at radius 3 is 2.12 bits per heavy atom. The molecule has 0 radical (unpaired) electrons. The molecule has 6 heteroatoms. The lowest BCUT2D eigenvalue weighted by atomic mass is 9.84. The fourth-order valence-electron chi connectivity index (χ4n) is 4.32.